The van der Waals surface area contributed by atoms with Crippen LogP contribution in [0.4, 0.5) is 5.69 Å². The first-order valence-electron chi connectivity index (χ1n) is 7.46. The molecule has 0 aromatic heterocycles. The van der Waals surface area contributed by atoms with Crippen molar-refractivity contribution in [3.63, 3.8) is 0 Å². The minimum absolute atomic E-state index is 0.121. The molecular formula is C19H17N3O3. The predicted octanol–water partition coefficient (Wildman–Crippen LogP) is 2.10. The number of nitrogens with zero attached hydrogens (tertiary/aromatic N) is 1. The van der Waals surface area contributed by atoms with E-state index in [9.17, 15) is 9.59 Å². The summed E-state index contributed by atoms with van der Waals surface area (Å²) in [4.78, 5) is 23.6. The topological polar surface area (TPSA) is 79.8 Å². The molecule has 0 spiro atoms. The minimum atomic E-state index is -0.876. The van der Waals surface area contributed by atoms with Crippen molar-refractivity contribution in [2.45, 2.75) is 6.92 Å². The number of terminal acetylenes is 1. The van der Waals surface area contributed by atoms with E-state index in [2.05, 4.69) is 21.8 Å². The lowest BCUT2D eigenvalue weighted by molar-refractivity contribution is -0.136. The van der Waals surface area contributed by atoms with Crippen LogP contribution in [0.1, 0.15) is 11.1 Å². The van der Waals surface area contributed by atoms with Crippen molar-refractivity contribution in [3.8, 4) is 18.1 Å². The third-order valence-corrected chi connectivity index (χ3v) is 3.12. The Hall–Kier alpha value is -3.59. The van der Waals surface area contributed by atoms with E-state index in [-0.39, 0.29) is 6.61 Å². The van der Waals surface area contributed by atoms with Crippen molar-refractivity contribution in [2.75, 3.05) is 11.9 Å². The van der Waals surface area contributed by atoms with Gasteiger partial charge in [0, 0.05) is 11.3 Å². The van der Waals surface area contributed by atoms with Crippen molar-refractivity contribution in [1.82, 2.24) is 5.43 Å². The van der Waals surface area contributed by atoms with E-state index in [0.29, 0.717) is 17.0 Å². The highest BCUT2D eigenvalue weighted by atomic mass is 16.5. The van der Waals surface area contributed by atoms with Crippen LogP contribution in [0.15, 0.2) is 53.6 Å². The van der Waals surface area contributed by atoms with E-state index in [1.54, 1.807) is 36.4 Å². The van der Waals surface area contributed by atoms with Gasteiger partial charge in [-0.3, -0.25) is 9.59 Å². The molecule has 6 heteroatoms. The molecule has 2 N–H and O–H groups in total. The molecule has 0 bridgehead atoms. The summed E-state index contributed by atoms with van der Waals surface area (Å²) in [6.45, 7) is 2.05. The van der Waals surface area contributed by atoms with Crippen LogP contribution in [0.3, 0.4) is 0 Å². The first kappa shape index (κ1) is 17.8. The molecule has 2 rings (SSSR count). The fraction of sp³-hybridized carbons (Fsp3) is 0.105. The molecule has 126 valence electrons. The maximum Gasteiger partial charge on any atom is 0.329 e. The van der Waals surface area contributed by atoms with E-state index in [1.807, 2.05) is 19.1 Å². The smallest absolute Gasteiger partial charge is 0.329 e. The summed E-state index contributed by atoms with van der Waals surface area (Å²) in [5.41, 5.74) is 4.37. The Morgan fingerprint density at radius 1 is 1.16 bits per heavy atom. The molecule has 0 radical (unpaired) electrons. The average Bonchev–Trinajstić information content (AvgIpc) is 2.62. The van der Waals surface area contributed by atoms with E-state index in [1.165, 1.54) is 6.21 Å². The van der Waals surface area contributed by atoms with E-state index in [4.69, 9.17) is 11.2 Å². The highest BCUT2D eigenvalue weighted by Crippen LogP contribution is 2.15. The van der Waals surface area contributed by atoms with Crippen LogP contribution in [-0.2, 0) is 9.59 Å². The Morgan fingerprint density at radius 3 is 2.60 bits per heavy atom. The minimum Gasteiger partial charge on any atom is -0.480 e. The molecule has 0 aliphatic carbocycles. The summed E-state index contributed by atoms with van der Waals surface area (Å²) in [5.74, 6) is 1.22. The maximum atomic E-state index is 11.8. The van der Waals surface area contributed by atoms with Gasteiger partial charge in [0.1, 0.15) is 12.4 Å². The lowest BCUT2D eigenvalue weighted by Crippen LogP contribution is -2.32. The van der Waals surface area contributed by atoms with Gasteiger partial charge in [-0.1, -0.05) is 35.7 Å². The number of hydrazone groups is 1. The van der Waals surface area contributed by atoms with Crippen LogP contribution in [0.25, 0.3) is 0 Å². The number of rotatable bonds is 5. The predicted molar refractivity (Wildman–Crippen MR) is 96.3 cm³/mol. The number of para-hydroxylation sites is 1. The number of carbonyl (C=O) groups excluding carboxylic acids is 2. The number of hydrogen-bond donors (Lipinski definition) is 2. The van der Waals surface area contributed by atoms with Crippen molar-refractivity contribution in [3.05, 3.63) is 59.7 Å². The third kappa shape index (κ3) is 5.52. The number of hydrogen-bond acceptors (Lipinski definition) is 4. The van der Waals surface area contributed by atoms with Crippen molar-refractivity contribution in [2.24, 2.45) is 5.10 Å². The number of amides is 2. The summed E-state index contributed by atoms with van der Waals surface area (Å²) in [6.07, 6.45) is 6.54. The first-order valence-corrected chi connectivity index (χ1v) is 7.46. The van der Waals surface area contributed by atoms with Crippen molar-refractivity contribution >= 4 is 23.7 Å². The molecule has 0 aliphatic heterocycles. The second-order valence-corrected chi connectivity index (χ2v) is 5.05. The number of benzene rings is 2. The van der Waals surface area contributed by atoms with Gasteiger partial charge in [-0.2, -0.15) is 5.10 Å². The average molecular weight is 335 g/mol. The molecule has 0 saturated carbocycles. The summed E-state index contributed by atoms with van der Waals surface area (Å²) >= 11 is 0. The largest absolute Gasteiger partial charge is 0.480 e. The van der Waals surface area contributed by atoms with Crippen LogP contribution in [0, 0.1) is 19.3 Å². The molecule has 0 aliphatic rings. The fourth-order valence-electron chi connectivity index (χ4n) is 1.87. The van der Waals surface area contributed by atoms with Gasteiger partial charge in [-0.05, 0) is 31.2 Å². The molecule has 0 heterocycles. The fourth-order valence-corrected chi connectivity index (χ4v) is 1.87. The molecule has 0 fully saturated rings. The van der Waals surface area contributed by atoms with Gasteiger partial charge < -0.3 is 10.1 Å². The second kappa shape index (κ2) is 8.89. The Bertz CT molecular complexity index is 821. The lowest BCUT2D eigenvalue weighted by Gasteiger charge is -2.06. The molecule has 2 amide bonds. The van der Waals surface area contributed by atoms with E-state index < -0.39 is 11.8 Å². The number of aryl methyl sites for hydroxylation is 1. The monoisotopic (exact) mass is 335 g/mol. The standard InChI is InChI=1S/C19H17N3O3/c1-3-12-25-17-7-5-4-6-15(17)13-20-22-19(24)18(23)21-16-10-8-14(2)9-11-16/h1,4-11,13H,12H2,2H3,(H,21,23)(H,22,24). The zero-order chi connectivity index (χ0) is 18.1. The highest BCUT2D eigenvalue weighted by Gasteiger charge is 2.12. The lowest BCUT2D eigenvalue weighted by atomic mass is 10.2. The van der Waals surface area contributed by atoms with Crippen LogP contribution < -0.4 is 15.5 Å². The molecule has 0 unspecified atom stereocenters. The van der Waals surface area contributed by atoms with E-state index in [0.717, 1.165) is 5.56 Å². The summed E-state index contributed by atoms with van der Waals surface area (Å²) in [7, 11) is 0. The SMILES string of the molecule is C#CCOc1ccccc1C=NNC(=O)C(=O)Nc1ccc(C)cc1. The molecule has 0 saturated heterocycles. The number of anilines is 1. The quantitative estimate of drug-likeness (QED) is 0.380. The first-order chi connectivity index (χ1) is 12.1. The van der Waals surface area contributed by atoms with Gasteiger partial charge >= 0.3 is 11.8 Å². The highest BCUT2D eigenvalue weighted by molar-refractivity contribution is 6.39. The zero-order valence-corrected chi connectivity index (χ0v) is 13.7. The normalized spacial score (nSPS) is 10.1. The number of carbonyl (C=O) groups is 2. The Labute approximate surface area is 145 Å². The molecule has 6 nitrogen and oxygen atoms in total. The van der Waals surface area contributed by atoms with Gasteiger partial charge in [-0.25, -0.2) is 5.43 Å². The van der Waals surface area contributed by atoms with Crippen LogP contribution in [-0.4, -0.2) is 24.6 Å². The van der Waals surface area contributed by atoms with Crippen molar-refractivity contribution in [1.29, 1.82) is 0 Å². The Morgan fingerprint density at radius 2 is 1.88 bits per heavy atom. The molecule has 0 atom stereocenters. The summed E-state index contributed by atoms with van der Waals surface area (Å²) in [6, 6.07) is 14.1. The maximum absolute atomic E-state index is 11.8. The van der Waals surface area contributed by atoms with Gasteiger partial charge in [0.2, 0.25) is 0 Å². The Kier molecular flexibility index (Phi) is 6.32. The van der Waals surface area contributed by atoms with Gasteiger partial charge in [0.15, 0.2) is 0 Å². The Balaban J connectivity index is 1.93. The van der Waals surface area contributed by atoms with Crippen LogP contribution in [0.2, 0.25) is 0 Å². The molecular weight excluding hydrogens is 318 g/mol. The zero-order valence-electron chi connectivity index (χ0n) is 13.7. The number of ether oxygens (including phenoxy) is 1. The molecule has 25 heavy (non-hydrogen) atoms. The van der Waals surface area contributed by atoms with E-state index >= 15 is 0 Å². The number of nitrogens with one attached hydrogen (secondary N) is 2. The molecule has 2 aromatic rings. The van der Waals surface area contributed by atoms with Crippen LogP contribution in [0.5, 0.6) is 5.75 Å². The van der Waals surface area contributed by atoms with Gasteiger partial charge in [-0.15, -0.1) is 6.42 Å². The second-order valence-electron chi connectivity index (χ2n) is 5.05. The summed E-state index contributed by atoms with van der Waals surface area (Å²) in [5, 5.41) is 6.26. The van der Waals surface area contributed by atoms with Gasteiger partial charge in [0.05, 0.1) is 6.21 Å². The van der Waals surface area contributed by atoms with Crippen LogP contribution >= 0.6 is 0 Å². The van der Waals surface area contributed by atoms with Crippen molar-refractivity contribution < 1.29 is 14.3 Å². The van der Waals surface area contributed by atoms with Gasteiger partial charge in [0.25, 0.3) is 0 Å². The third-order valence-electron chi connectivity index (χ3n) is 3.12. The molecule has 2 aromatic carbocycles. The summed E-state index contributed by atoms with van der Waals surface area (Å²) < 4.78 is 5.36.